The lowest BCUT2D eigenvalue weighted by Gasteiger charge is -2.62. The van der Waals surface area contributed by atoms with E-state index >= 15 is 0 Å². The Bertz CT molecular complexity index is 515. The maximum Gasteiger partial charge on any atom is 0.136 e. The van der Waals surface area contributed by atoms with E-state index in [4.69, 9.17) is 0 Å². The van der Waals surface area contributed by atoms with Crippen LogP contribution in [0.4, 0.5) is 0 Å². The van der Waals surface area contributed by atoms with Gasteiger partial charge in [0.25, 0.3) is 0 Å². The first-order valence-corrected chi connectivity index (χ1v) is 9.13. The molecule has 0 bridgehead atoms. The van der Waals surface area contributed by atoms with Gasteiger partial charge in [0.15, 0.2) is 0 Å². The van der Waals surface area contributed by atoms with E-state index < -0.39 is 0 Å². The maximum atomic E-state index is 12.9. The summed E-state index contributed by atoms with van der Waals surface area (Å²) < 4.78 is 0. The number of allylic oxidation sites excluding steroid dienone is 1. The quantitative estimate of drug-likeness (QED) is 0.767. The van der Waals surface area contributed by atoms with Crippen LogP contribution in [-0.4, -0.2) is 28.7 Å². The summed E-state index contributed by atoms with van der Waals surface area (Å²) in [5.74, 6) is 0.996. The molecule has 3 aliphatic rings. The van der Waals surface area contributed by atoms with E-state index in [-0.39, 0.29) is 40.8 Å². The smallest absolute Gasteiger partial charge is 0.136 e. The second-order valence-electron chi connectivity index (χ2n) is 9.42. The van der Waals surface area contributed by atoms with Gasteiger partial charge in [0.1, 0.15) is 5.78 Å². The normalized spacial score (nSPS) is 53.3. The van der Waals surface area contributed by atoms with Crippen molar-refractivity contribution in [2.75, 3.05) is 6.61 Å². The number of aliphatic hydroxyl groups is 2. The van der Waals surface area contributed by atoms with Gasteiger partial charge in [-0.05, 0) is 60.2 Å². The number of Topliss-reactive ketones (excluding diaryl/α,β-unsaturated/α-hetero) is 1. The van der Waals surface area contributed by atoms with E-state index in [1.165, 1.54) is 0 Å². The molecule has 3 rings (SSSR count). The molecule has 1 unspecified atom stereocenters. The summed E-state index contributed by atoms with van der Waals surface area (Å²) in [6.45, 7) is 10.6. The third-order valence-electron chi connectivity index (χ3n) is 7.73. The lowest BCUT2D eigenvalue weighted by Crippen LogP contribution is -2.60. The van der Waals surface area contributed by atoms with Crippen LogP contribution in [0.25, 0.3) is 0 Å². The molecule has 130 valence electrons. The summed E-state index contributed by atoms with van der Waals surface area (Å²) in [4.78, 5) is 12.9. The van der Waals surface area contributed by atoms with Crippen molar-refractivity contribution in [3.63, 3.8) is 0 Å². The summed E-state index contributed by atoms with van der Waals surface area (Å²) in [6.07, 6.45) is 6.60. The molecule has 0 radical (unpaired) electrons. The fourth-order valence-electron chi connectivity index (χ4n) is 6.36. The Morgan fingerprint density at radius 2 is 1.96 bits per heavy atom. The first-order valence-electron chi connectivity index (χ1n) is 9.13. The van der Waals surface area contributed by atoms with Crippen LogP contribution in [0.1, 0.15) is 59.3 Å². The lowest BCUT2D eigenvalue weighted by molar-refractivity contribution is -0.177. The number of carbonyl (C=O) groups is 1. The minimum absolute atomic E-state index is 0.0454. The lowest BCUT2D eigenvalue weighted by atomic mass is 9.42. The molecule has 23 heavy (non-hydrogen) atoms. The molecule has 0 aromatic rings. The van der Waals surface area contributed by atoms with Crippen LogP contribution in [-0.2, 0) is 4.79 Å². The Morgan fingerprint density at radius 3 is 2.57 bits per heavy atom. The molecular formula is C20H32O3. The highest BCUT2D eigenvalue weighted by Crippen LogP contribution is 2.64. The zero-order chi connectivity index (χ0) is 17.0. The Hall–Kier alpha value is -0.670. The summed E-state index contributed by atoms with van der Waals surface area (Å²) in [6, 6.07) is 0. The number of hydrogen-bond acceptors (Lipinski definition) is 3. The van der Waals surface area contributed by atoms with E-state index in [0.717, 1.165) is 25.7 Å². The molecule has 3 fully saturated rings. The number of ketones is 1. The van der Waals surface area contributed by atoms with Gasteiger partial charge in [-0.15, -0.1) is 6.58 Å². The fraction of sp³-hybridized carbons (Fsp3) is 0.850. The molecule has 3 aliphatic carbocycles. The van der Waals surface area contributed by atoms with Gasteiger partial charge >= 0.3 is 0 Å². The van der Waals surface area contributed by atoms with Crippen molar-refractivity contribution in [1.82, 2.24) is 0 Å². The van der Waals surface area contributed by atoms with Crippen molar-refractivity contribution in [3.05, 3.63) is 12.7 Å². The van der Waals surface area contributed by atoms with Crippen LogP contribution < -0.4 is 0 Å². The summed E-state index contributed by atoms with van der Waals surface area (Å²) in [5.41, 5.74) is -0.323. The molecule has 3 heteroatoms. The van der Waals surface area contributed by atoms with Crippen LogP contribution in [0.2, 0.25) is 0 Å². The van der Waals surface area contributed by atoms with E-state index in [9.17, 15) is 15.0 Å². The van der Waals surface area contributed by atoms with Crippen molar-refractivity contribution >= 4 is 5.78 Å². The number of fused-ring (bicyclic) bond motifs is 3. The monoisotopic (exact) mass is 320 g/mol. The van der Waals surface area contributed by atoms with E-state index in [0.29, 0.717) is 24.5 Å². The molecule has 0 aromatic heterocycles. The van der Waals surface area contributed by atoms with Gasteiger partial charge < -0.3 is 10.2 Å². The molecule has 0 spiro atoms. The Kier molecular flexibility index (Phi) is 4.04. The topological polar surface area (TPSA) is 57.5 Å². The third kappa shape index (κ3) is 2.51. The molecule has 0 aliphatic heterocycles. The number of rotatable bonds is 2. The van der Waals surface area contributed by atoms with Gasteiger partial charge in [0, 0.05) is 18.9 Å². The van der Waals surface area contributed by atoms with Crippen molar-refractivity contribution in [3.8, 4) is 0 Å². The van der Waals surface area contributed by atoms with Crippen molar-refractivity contribution in [1.29, 1.82) is 0 Å². The average Bonchev–Trinajstić information content (AvgIpc) is 2.49. The predicted octanol–water partition coefficient (Wildman–Crippen LogP) is 3.34. The van der Waals surface area contributed by atoms with Crippen molar-refractivity contribution in [2.24, 2.45) is 34.0 Å². The Labute approximate surface area is 140 Å². The van der Waals surface area contributed by atoms with Crippen LogP contribution in [0.5, 0.6) is 0 Å². The number of aliphatic hydroxyl groups excluding tert-OH is 2. The molecule has 2 N–H and O–H groups in total. The number of hydrogen-bond donors (Lipinski definition) is 2. The van der Waals surface area contributed by atoms with Gasteiger partial charge in [0.2, 0.25) is 0 Å². The molecular weight excluding hydrogens is 288 g/mol. The van der Waals surface area contributed by atoms with Gasteiger partial charge in [-0.25, -0.2) is 0 Å². The molecule has 0 amide bonds. The largest absolute Gasteiger partial charge is 0.396 e. The van der Waals surface area contributed by atoms with Gasteiger partial charge in [0.05, 0.1) is 6.10 Å². The molecule has 0 heterocycles. The molecule has 3 nitrogen and oxygen atoms in total. The zero-order valence-corrected chi connectivity index (χ0v) is 14.8. The van der Waals surface area contributed by atoms with Crippen molar-refractivity contribution in [2.45, 2.75) is 65.4 Å². The van der Waals surface area contributed by atoms with E-state index in [1.807, 2.05) is 6.08 Å². The minimum Gasteiger partial charge on any atom is -0.396 e. The first-order chi connectivity index (χ1) is 10.7. The maximum absolute atomic E-state index is 12.9. The van der Waals surface area contributed by atoms with Gasteiger partial charge in [-0.3, -0.25) is 4.79 Å². The van der Waals surface area contributed by atoms with Crippen molar-refractivity contribution < 1.29 is 15.0 Å². The van der Waals surface area contributed by atoms with Crippen LogP contribution in [0.15, 0.2) is 12.7 Å². The zero-order valence-electron chi connectivity index (χ0n) is 14.8. The third-order valence-corrected chi connectivity index (χ3v) is 7.73. The summed E-state index contributed by atoms with van der Waals surface area (Å²) >= 11 is 0. The van der Waals surface area contributed by atoms with Gasteiger partial charge in [-0.1, -0.05) is 26.8 Å². The standard InChI is InChI=1S/C20H32O3/c1-5-18(2)7-6-15-14(11-18)16(23)8-17-19(3,12-21)9-13(22)10-20(15,17)4/h5,13-15,17,21-22H,1,6-12H2,2-4H3/t13-,14+,15+,17?,18-,19-,20+/m1/s1. The second-order valence-corrected chi connectivity index (χ2v) is 9.42. The highest BCUT2D eigenvalue weighted by Gasteiger charge is 2.61. The van der Waals surface area contributed by atoms with Crippen LogP contribution in [0, 0.1) is 34.0 Å². The Balaban J connectivity index is 1.98. The molecule has 0 aromatic carbocycles. The van der Waals surface area contributed by atoms with Crippen LogP contribution in [0.3, 0.4) is 0 Å². The summed E-state index contributed by atoms with van der Waals surface area (Å²) in [7, 11) is 0. The molecule has 0 saturated heterocycles. The van der Waals surface area contributed by atoms with Crippen LogP contribution >= 0.6 is 0 Å². The first kappa shape index (κ1) is 17.2. The predicted molar refractivity (Wildman–Crippen MR) is 90.8 cm³/mol. The molecule has 3 saturated carbocycles. The SMILES string of the molecule is C=C[C@]1(C)CC[C@H]2[C@H](C1)C(=O)CC1[C@@](C)(CO)C[C@@H](O)C[C@]12C. The number of carbonyl (C=O) groups excluding carboxylic acids is 1. The van der Waals surface area contributed by atoms with E-state index in [1.54, 1.807) is 0 Å². The molecule has 7 atom stereocenters. The Morgan fingerprint density at radius 1 is 1.26 bits per heavy atom. The highest BCUT2D eigenvalue weighted by atomic mass is 16.3. The summed E-state index contributed by atoms with van der Waals surface area (Å²) in [5, 5.41) is 20.5. The highest BCUT2D eigenvalue weighted by molar-refractivity contribution is 5.83. The van der Waals surface area contributed by atoms with E-state index in [2.05, 4.69) is 27.4 Å². The minimum atomic E-state index is -0.366. The fourth-order valence-corrected chi connectivity index (χ4v) is 6.36. The second kappa shape index (κ2) is 5.42. The average molecular weight is 320 g/mol. The van der Waals surface area contributed by atoms with Gasteiger partial charge in [-0.2, -0.15) is 0 Å².